The molecule has 0 spiro atoms. The van der Waals surface area contributed by atoms with Crippen LogP contribution in [0.5, 0.6) is 0 Å². The molecule has 0 bridgehead atoms. The Morgan fingerprint density at radius 3 is 2.80 bits per heavy atom. The lowest BCUT2D eigenvalue weighted by molar-refractivity contribution is 0.0546. The van der Waals surface area contributed by atoms with Crippen LogP contribution < -0.4 is 10.6 Å². The molecule has 88 valence electrons. The minimum atomic E-state index is -0.274. The number of alkyl carbamates (subject to hydrolysis) is 1. The fraction of sp³-hybridized carbons (Fsp3) is 0.909. The third-order valence-corrected chi connectivity index (χ3v) is 2.85. The largest absolute Gasteiger partial charge is 0.445 e. The zero-order chi connectivity index (χ0) is 11.1. The van der Waals surface area contributed by atoms with E-state index in [0.29, 0.717) is 12.6 Å². The molecule has 0 aromatic carbocycles. The number of carbonyl (C=O) groups excluding carboxylic acids is 1. The number of likely N-dealkylation sites (N-methyl/N-ethyl adjacent to an activating group) is 1. The Labute approximate surface area is 91.8 Å². The molecule has 0 aromatic rings. The molecule has 1 saturated carbocycles. The molecule has 0 saturated heterocycles. The second kappa shape index (κ2) is 6.67. The fourth-order valence-electron chi connectivity index (χ4n) is 1.97. The standard InChI is InChI=1S/C11H22N2O2/c1-3-8-13-11(14)15-10-7-5-4-6-9(10)12-2/h9-10,12H,3-8H2,1-2H3,(H,13,14). The van der Waals surface area contributed by atoms with E-state index in [-0.39, 0.29) is 12.2 Å². The van der Waals surface area contributed by atoms with E-state index in [9.17, 15) is 4.79 Å². The average Bonchev–Trinajstić information content (AvgIpc) is 2.27. The molecule has 2 N–H and O–H groups in total. The van der Waals surface area contributed by atoms with Gasteiger partial charge in [-0.25, -0.2) is 4.79 Å². The topological polar surface area (TPSA) is 50.4 Å². The van der Waals surface area contributed by atoms with Crippen molar-refractivity contribution < 1.29 is 9.53 Å². The highest BCUT2D eigenvalue weighted by atomic mass is 16.6. The van der Waals surface area contributed by atoms with Crippen molar-refractivity contribution in [2.45, 2.75) is 51.2 Å². The first kappa shape index (κ1) is 12.3. The van der Waals surface area contributed by atoms with Crippen LogP contribution in [0.1, 0.15) is 39.0 Å². The second-order valence-electron chi connectivity index (χ2n) is 4.05. The van der Waals surface area contributed by atoms with Crippen molar-refractivity contribution in [1.82, 2.24) is 10.6 Å². The van der Waals surface area contributed by atoms with Crippen LogP contribution in [0.3, 0.4) is 0 Å². The molecule has 1 aliphatic rings. The van der Waals surface area contributed by atoms with Gasteiger partial charge in [0.05, 0.1) is 0 Å². The summed E-state index contributed by atoms with van der Waals surface area (Å²) in [6.45, 7) is 2.72. The van der Waals surface area contributed by atoms with Crippen LogP contribution >= 0.6 is 0 Å². The van der Waals surface area contributed by atoms with E-state index in [1.165, 1.54) is 6.42 Å². The van der Waals surface area contributed by atoms with Crippen molar-refractivity contribution in [3.05, 3.63) is 0 Å². The van der Waals surface area contributed by atoms with Crippen LogP contribution in [0.2, 0.25) is 0 Å². The Bertz CT molecular complexity index is 197. The quantitative estimate of drug-likeness (QED) is 0.748. The highest BCUT2D eigenvalue weighted by Gasteiger charge is 2.26. The zero-order valence-electron chi connectivity index (χ0n) is 9.71. The lowest BCUT2D eigenvalue weighted by Gasteiger charge is -2.30. The van der Waals surface area contributed by atoms with Gasteiger partial charge in [-0.1, -0.05) is 13.3 Å². The van der Waals surface area contributed by atoms with E-state index >= 15 is 0 Å². The minimum Gasteiger partial charge on any atom is -0.445 e. The summed E-state index contributed by atoms with van der Waals surface area (Å²) in [6, 6.07) is 0.325. The van der Waals surface area contributed by atoms with Crippen LogP contribution in [-0.2, 0) is 4.74 Å². The summed E-state index contributed by atoms with van der Waals surface area (Å²) in [4.78, 5) is 11.4. The Kier molecular flexibility index (Phi) is 5.47. The number of rotatable bonds is 4. The molecule has 15 heavy (non-hydrogen) atoms. The van der Waals surface area contributed by atoms with Crippen molar-refractivity contribution in [3.63, 3.8) is 0 Å². The van der Waals surface area contributed by atoms with Gasteiger partial charge in [0, 0.05) is 12.6 Å². The molecular formula is C11H22N2O2. The van der Waals surface area contributed by atoms with Crippen molar-refractivity contribution >= 4 is 6.09 Å². The molecule has 2 atom stereocenters. The number of hydrogen-bond acceptors (Lipinski definition) is 3. The van der Waals surface area contributed by atoms with Crippen LogP contribution in [0.15, 0.2) is 0 Å². The maximum absolute atomic E-state index is 11.4. The summed E-state index contributed by atoms with van der Waals surface area (Å²) in [5.41, 5.74) is 0. The first-order valence-corrected chi connectivity index (χ1v) is 5.89. The Hall–Kier alpha value is -0.770. The molecule has 1 amide bonds. The maximum Gasteiger partial charge on any atom is 0.407 e. The summed E-state index contributed by atoms with van der Waals surface area (Å²) in [6.07, 6.45) is 5.17. The Balaban J connectivity index is 2.30. The zero-order valence-corrected chi connectivity index (χ0v) is 9.71. The van der Waals surface area contributed by atoms with Crippen molar-refractivity contribution in [3.8, 4) is 0 Å². The summed E-state index contributed by atoms with van der Waals surface area (Å²) in [5, 5.41) is 5.95. The lowest BCUT2D eigenvalue weighted by atomic mass is 9.92. The summed E-state index contributed by atoms with van der Waals surface area (Å²) in [5.74, 6) is 0. The summed E-state index contributed by atoms with van der Waals surface area (Å²) < 4.78 is 5.38. The lowest BCUT2D eigenvalue weighted by Crippen LogP contribution is -2.44. The SMILES string of the molecule is CCCNC(=O)OC1CCCCC1NC. The molecule has 1 rings (SSSR count). The summed E-state index contributed by atoms with van der Waals surface area (Å²) >= 11 is 0. The van der Waals surface area contributed by atoms with E-state index in [0.717, 1.165) is 25.7 Å². The molecule has 0 aliphatic heterocycles. The van der Waals surface area contributed by atoms with Gasteiger partial charge in [-0.05, 0) is 32.7 Å². The third kappa shape index (κ3) is 4.08. The maximum atomic E-state index is 11.4. The monoisotopic (exact) mass is 214 g/mol. The van der Waals surface area contributed by atoms with Gasteiger partial charge in [0.2, 0.25) is 0 Å². The summed E-state index contributed by atoms with van der Waals surface area (Å²) in [7, 11) is 1.93. The van der Waals surface area contributed by atoms with E-state index in [2.05, 4.69) is 10.6 Å². The minimum absolute atomic E-state index is 0.0422. The van der Waals surface area contributed by atoms with E-state index in [1.54, 1.807) is 0 Å². The third-order valence-electron chi connectivity index (χ3n) is 2.85. The van der Waals surface area contributed by atoms with Crippen molar-refractivity contribution in [2.75, 3.05) is 13.6 Å². The van der Waals surface area contributed by atoms with Gasteiger partial charge in [-0.3, -0.25) is 0 Å². The predicted octanol–water partition coefficient (Wildman–Crippen LogP) is 1.65. The normalized spacial score (nSPS) is 26.0. The smallest absolute Gasteiger partial charge is 0.407 e. The molecule has 1 aliphatic carbocycles. The predicted molar refractivity (Wildman–Crippen MR) is 59.9 cm³/mol. The van der Waals surface area contributed by atoms with Gasteiger partial charge < -0.3 is 15.4 Å². The molecule has 1 fully saturated rings. The van der Waals surface area contributed by atoms with Crippen molar-refractivity contribution in [2.24, 2.45) is 0 Å². The van der Waals surface area contributed by atoms with Gasteiger partial charge in [0.1, 0.15) is 6.10 Å². The molecule has 0 aromatic heterocycles. The first-order chi connectivity index (χ1) is 7.27. The van der Waals surface area contributed by atoms with E-state index < -0.39 is 0 Å². The molecule has 0 radical (unpaired) electrons. The van der Waals surface area contributed by atoms with Crippen LogP contribution in [0.25, 0.3) is 0 Å². The number of ether oxygens (including phenoxy) is 1. The first-order valence-electron chi connectivity index (χ1n) is 5.89. The molecular weight excluding hydrogens is 192 g/mol. The highest BCUT2D eigenvalue weighted by molar-refractivity contribution is 5.67. The van der Waals surface area contributed by atoms with E-state index in [4.69, 9.17) is 4.74 Å². The van der Waals surface area contributed by atoms with Crippen LogP contribution in [0, 0.1) is 0 Å². The Morgan fingerprint density at radius 1 is 1.40 bits per heavy atom. The van der Waals surface area contributed by atoms with Gasteiger partial charge in [0.25, 0.3) is 0 Å². The highest BCUT2D eigenvalue weighted by Crippen LogP contribution is 2.20. The van der Waals surface area contributed by atoms with E-state index in [1.807, 2.05) is 14.0 Å². The van der Waals surface area contributed by atoms with Crippen LogP contribution in [-0.4, -0.2) is 31.8 Å². The van der Waals surface area contributed by atoms with Crippen molar-refractivity contribution in [1.29, 1.82) is 0 Å². The Morgan fingerprint density at radius 2 is 2.13 bits per heavy atom. The molecule has 4 nitrogen and oxygen atoms in total. The van der Waals surface area contributed by atoms with Gasteiger partial charge in [-0.15, -0.1) is 0 Å². The average molecular weight is 214 g/mol. The molecule has 0 heterocycles. The number of carbonyl (C=O) groups is 1. The number of amides is 1. The molecule has 2 unspecified atom stereocenters. The van der Waals surface area contributed by atoms with Gasteiger partial charge >= 0.3 is 6.09 Å². The fourth-order valence-corrected chi connectivity index (χ4v) is 1.97. The molecule has 4 heteroatoms. The van der Waals surface area contributed by atoms with Crippen LogP contribution in [0.4, 0.5) is 4.79 Å². The van der Waals surface area contributed by atoms with Gasteiger partial charge in [0.15, 0.2) is 0 Å². The second-order valence-corrected chi connectivity index (χ2v) is 4.05. The number of nitrogens with one attached hydrogen (secondary N) is 2. The number of hydrogen-bond donors (Lipinski definition) is 2. The van der Waals surface area contributed by atoms with Gasteiger partial charge in [-0.2, -0.15) is 0 Å².